The molecule has 0 unspecified atom stereocenters. The van der Waals surface area contributed by atoms with E-state index in [1.807, 2.05) is 39.0 Å². The summed E-state index contributed by atoms with van der Waals surface area (Å²) in [5.41, 5.74) is 2.05. The first kappa shape index (κ1) is 12.6. The summed E-state index contributed by atoms with van der Waals surface area (Å²) in [6.07, 6.45) is 0.702. The van der Waals surface area contributed by atoms with Crippen molar-refractivity contribution in [2.24, 2.45) is 0 Å². The van der Waals surface area contributed by atoms with Crippen molar-refractivity contribution in [1.29, 1.82) is 0 Å². The highest BCUT2D eigenvalue weighted by atomic mass is 16.5. The fourth-order valence-corrected chi connectivity index (χ4v) is 1.33. The van der Waals surface area contributed by atoms with Crippen molar-refractivity contribution >= 4 is 0 Å². The topological polar surface area (TPSA) is 29.5 Å². The van der Waals surface area contributed by atoms with Crippen LogP contribution >= 0.6 is 0 Å². The minimum absolute atomic E-state index is 0.112. The van der Waals surface area contributed by atoms with Gasteiger partial charge in [0.05, 0.1) is 12.7 Å². The highest BCUT2D eigenvalue weighted by Gasteiger charge is 2.01. The Labute approximate surface area is 97.3 Å². The van der Waals surface area contributed by atoms with E-state index in [1.54, 1.807) is 0 Å². The first-order valence-corrected chi connectivity index (χ1v) is 5.50. The van der Waals surface area contributed by atoms with Gasteiger partial charge in [-0.2, -0.15) is 0 Å². The van der Waals surface area contributed by atoms with Gasteiger partial charge in [-0.25, -0.2) is 0 Å². The van der Waals surface area contributed by atoms with Crippen molar-refractivity contribution in [3.63, 3.8) is 0 Å². The highest BCUT2D eigenvalue weighted by Crippen LogP contribution is 2.19. The van der Waals surface area contributed by atoms with Crippen molar-refractivity contribution in [2.45, 2.75) is 33.3 Å². The van der Waals surface area contributed by atoms with Gasteiger partial charge in [-0.1, -0.05) is 11.8 Å². The molecule has 0 aliphatic carbocycles. The lowest BCUT2D eigenvalue weighted by Crippen LogP contribution is -2.06. The van der Waals surface area contributed by atoms with Crippen molar-refractivity contribution in [3.8, 4) is 17.6 Å². The Morgan fingerprint density at radius 1 is 1.38 bits per heavy atom. The minimum Gasteiger partial charge on any atom is -0.491 e. The number of rotatable bonds is 3. The van der Waals surface area contributed by atoms with Crippen molar-refractivity contribution in [2.75, 3.05) is 6.61 Å². The molecular weight excluding hydrogens is 200 g/mol. The Morgan fingerprint density at radius 3 is 2.69 bits per heavy atom. The van der Waals surface area contributed by atoms with Crippen LogP contribution in [0, 0.1) is 18.8 Å². The quantitative estimate of drug-likeness (QED) is 0.790. The van der Waals surface area contributed by atoms with Crippen LogP contribution in [0.3, 0.4) is 0 Å². The summed E-state index contributed by atoms with van der Waals surface area (Å²) in [5.74, 6) is 6.80. The van der Waals surface area contributed by atoms with Gasteiger partial charge in [0.25, 0.3) is 0 Å². The molecule has 2 nitrogen and oxygen atoms in total. The SMILES string of the molecule is Cc1cc(C#CCCO)ccc1OC(C)C. The van der Waals surface area contributed by atoms with Crippen molar-refractivity contribution < 1.29 is 9.84 Å². The van der Waals surface area contributed by atoms with E-state index in [2.05, 4.69) is 11.8 Å². The first-order chi connectivity index (χ1) is 7.63. The molecule has 2 heteroatoms. The monoisotopic (exact) mass is 218 g/mol. The van der Waals surface area contributed by atoms with E-state index >= 15 is 0 Å². The fraction of sp³-hybridized carbons (Fsp3) is 0.429. The zero-order chi connectivity index (χ0) is 12.0. The molecule has 86 valence electrons. The van der Waals surface area contributed by atoms with Crippen LogP contribution < -0.4 is 4.74 Å². The largest absolute Gasteiger partial charge is 0.491 e. The Morgan fingerprint density at radius 2 is 2.12 bits per heavy atom. The van der Waals surface area contributed by atoms with Crippen LogP contribution in [0.4, 0.5) is 0 Å². The van der Waals surface area contributed by atoms with Gasteiger partial charge < -0.3 is 9.84 Å². The Hall–Kier alpha value is -1.46. The Balaban J connectivity index is 2.79. The van der Waals surface area contributed by atoms with Gasteiger partial charge >= 0.3 is 0 Å². The molecular formula is C14H18O2. The average Bonchev–Trinajstić information content (AvgIpc) is 2.22. The van der Waals surface area contributed by atoms with Crippen molar-refractivity contribution in [1.82, 2.24) is 0 Å². The lowest BCUT2D eigenvalue weighted by atomic mass is 10.1. The van der Waals surface area contributed by atoms with E-state index in [9.17, 15) is 0 Å². The summed E-state index contributed by atoms with van der Waals surface area (Å²) in [4.78, 5) is 0. The van der Waals surface area contributed by atoms with Crippen LogP contribution in [0.5, 0.6) is 5.75 Å². The maximum Gasteiger partial charge on any atom is 0.122 e. The maximum absolute atomic E-state index is 8.62. The number of hydrogen-bond acceptors (Lipinski definition) is 2. The maximum atomic E-state index is 8.62. The molecule has 0 aliphatic heterocycles. The minimum atomic E-state index is 0.112. The van der Waals surface area contributed by atoms with Crippen LogP contribution in [-0.4, -0.2) is 17.8 Å². The van der Waals surface area contributed by atoms with Gasteiger partial charge in [-0.05, 0) is 44.5 Å². The molecule has 16 heavy (non-hydrogen) atoms. The molecule has 0 saturated heterocycles. The number of ether oxygens (including phenoxy) is 1. The van der Waals surface area contributed by atoms with Crippen LogP contribution in [0.15, 0.2) is 18.2 Å². The standard InChI is InChI=1S/C14H18O2/c1-11(2)16-14-8-7-13(10-12(14)3)6-4-5-9-15/h7-8,10-11,15H,5,9H2,1-3H3. The third kappa shape index (κ3) is 3.96. The van der Waals surface area contributed by atoms with Gasteiger partial charge in [-0.15, -0.1) is 0 Å². The van der Waals surface area contributed by atoms with Crippen LogP contribution in [0.2, 0.25) is 0 Å². The average molecular weight is 218 g/mol. The second kappa shape index (κ2) is 6.19. The molecule has 1 rings (SSSR count). The first-order valence-electron chi connectivity index (χ1n) is 5.50. The summed E-state index contributed by atoms with van der Waals surface area (Å²) in [6.45, 7) is 6.14. The van der Waals surface area contributed by atoms with E-state index in [-0.39, 0.29) is 12.7 Å². The molecule has 0 saturated carbocycles. The van der Waals surface area contributed by atoms with E-state index in [1.165, 1.54) is 0 Å². The van der Waals surface area contributed by atoms with E-state index in [0.29, 0.717) is 6.42 Å². The summed E-state index contributed by atoms with van der Waals surface area (Å²) in [7, 11) is 0. The molecule has 0 heterocycles. The molecule has 1 N–H and O–H groups in total. The van der Waals surface area contributed by atoms with Gasteiger partial charge in [0, 0.05) is 12.0 Å². The molecule has 0 atom stereocenters. The zero-order valence-corrected chi connectivity index (χ0v) is 10.1. The van der Waals surface area contributed by atoms with Crippen molar-refractivity contribution in [3.05, 3.63) is 29.3 Å². The summed E-state index contributed by atoms with van der Waals surface area (Å²) >= 11 is 0. The number of aliphatic hydroxyl groups is 1. The fourth-order valence-electron chi connectivity index (χ4n) is 1.33. The Bertz CT molecular complexity index is 397. The lowest BCUT2D eigenvalue weighted by Gasteiger charge is -2.12. The number of benzene rings is 1. The van der Waals surface area contributed by atoms with Gasteiger partial charge in [0.2, 0.25) is 0 Å². The second-order valence-electron chi connectivity index (χ2n) is 3.92. The number of hydrogen-bond donors (Lipinski definition) is 1. The van der Waals surface area contributed by atoms with Gasteiger partial charge in [0.1, 0.15) is 5.75 Å². The lowest BCUT2D eigenvalue weighted by molar-refractivity contribution is 0.241. The molecule has 0 bridgehead atoms. The normalized spacial score (nSPS) is 9.81. The molecule has 0 aromatic heterocycles. The highest BCUT2D eigenvalue weighted by molar-refractivity contribution is 5.43. The summed E-state index contributed by atoms with van der Waals surface area (Å²) in [5, 5.41) is 8.62. The molecule has 0 radical (unpaired) electrons. The smallest absolute Gasteiger partial charge is 0.122 e. The van der Waals surface area contributed by atoms with E-state index in [4.69, 9.17) is 9.84 Å². The van der Waals surface area contributed by atoms with E-state index < -0.39 is 0 Å². The van der Waals surface area contributed by atoms with Gasteiger partial charge in [0.15, 0.2) is 0 Å². The van der Waals surface area contributed by atoms with E-state index in [0.717, 1.165) is 16.9 Å². The van der Waals surface area contributed by atoms with Crippen LogP contribution in [0.1, 0.15) is 31.4 Å². The third-order valence-electron chi connectivity index (χ3n) is 2.01. The molecule has 0 fully saturated rings. The predicted octanol–water partition coefficient (Wildman–Crippen LogP) is 2.52. The Kier molecular flexibility index (Phi) is 4.88. The van der Waals surface area contributed by atoms with Crippen LogP contribution in [0.25, 0.3) is 0 Å². The third-order valence-corrected chi connectivity index (χ3v) is 2.01. The molecule has 0 spiro atoms. The molecule has 0 amide bonds. The number of aryl methyl sites for hydroxylation is 1. The summed E-state index contributed by atoms with van der Waals surface area (Å²) < 4.78 is 5.64. The number of aliphatic hydroxyl groups excluding tert-OH is 1. The van der Waals surface area contributed by atoms with Gasteiger partial charge in [-0.3, -0.25) is 0 Å². The predicted molar refractivity (Wildman–Crippen MR) is 65.5 cm³/mol. The zero-order valence-electron chi connectivity index (χ0n) is 10.1. The molecule has 1 aromatic rings. The second-order valence-corrected chi connectivity index (χ2v) is 3.92. The van der Waals surface area contributed by atoms with Crippen LogP contribution in [-0.2, 0) is 0 Å². The summed E-state index contributed by atoms with van der Waals surface area (Å²) in [6, 6.07) is 5.88. The molecule has 1 aromatic carbocycles. The molecule has 0 aliphatic rings.